The first-order valence-electron chi connectivity index (χ1n) is 8.12. The molecule has 5 nitrogen and oxygen atoms in total. The van der Waals surface area contributed by atoms with Crippen LogP contribution in [0.5, 0.6) is 0 Å². The highest BCUT2D eigenvalue weighted by Gasteiger charge is 2.34. The minimum atomic E-state index is 0.162. The fourth-order valence-corrected chi connectivity index (χ4v) is 3.54. The number of hydrogen-bond acceptors (Lipinski definition) is 3. The second-order valence-electron chi connectivity index (χ2n) is 6.23. The van der Waals surface area contributed by atoms with Crippen LogP contribution in [0.25, 0.3) is 0 Å². The summed E-state index contributed by atoms with van der Waals surface area (Å²) in [5.74, 6) is 0. The lowest BCUT2D eigenvalue weighted by atomic mass is 10.1. The number of morpholine rings is 1. The van der Waals surface area contributed by atoms with E-state index in [1.54, 1.807) is 0 Å². The van der Waals surface area contributed by atoms with Crippen LogP contribution in [0.1, 0.15) is 13.8 Å². The van der Waals surface area contributed by atoms with Crippen LogP contribution in [-0.4, -0.2) is 67.3 Å². The number of hydrogen-bond donors (Lipinski definition) is 0. The average molecular weight is 303 g/mol. The molecule has 0 N–H and O–H groups in total. The molecule has 2 aliphatic heterocycles. The lowest BCUT2D eigenvalue weighted by Crippen LogP contribution is -2.61. The third kappa shape index (κ3) is 3.04. The van der Waals surface area contributed by atoms with E-state index in [0.717, 1.165) is 13.1 Å². The zero-order valence-electron chi connectivity index (χ0n) is 13.4. The molecule has 1 aromatic rings. The molecule has 2 amide bonds. The minimum absolute atomic E-state index is 0.162. The molecule has 2 heterocycles. The van der Waals surface area contributed by atoms with Gasteiger partial charge < -0.3 is 19.4 Å². The predicted molar refractivity (Wildman–Crippen MR) is 87.2 cm³/mol. The molecule has 3 rings (SSSR count). The first-order chi connectivity index (χ1) is 10.7. The standard InChI is InChI=1S/C17H25N3O2/c1-14-12-19(17(21)18-8-10-22-11-9-18)13-15(2)20(14)16-6-4-3-5-7-16/h3-7,14-15H,8-13H2,1-2H3. The van der Waals surface area contributed by atoms with Gasteiger partial charge in [-0.3, -0.25) is 0 Å². The Kier molecular flexibility index (Phi) is 4.52. The molecule has 1 aromatic carbocycles. The third-order valence-corrected chi connectivity index (χ3v) is 4.53. The lowest BCUT2D eigenvalue weighted by Gasteiger charge is -2.47. The summed E-state index contributed by atoms with van der Waals surface area (Å²) < 4.78 is 5.33. The molecule has 5 heteroatoms. The van der Waals surface area contributed by atoms with E-state index in [0.29, 0.717) is 38.4 Å². The van der Waals surface area contributed by atoms with E-state index < -0.39 is 0 Å². The SMILES string of the molecule is CC1CN(C(=O)N2CCOCC2)CC(C)N1c1ccccc1. The van der Waals surface area contributed by atoms with Gasteiger partial charge in [0, 0.05) is 44.0 Å². The second kappa shape index (κ2) is 6.57. The topological polar surface area (TPSA) is 36.0 Å². The molecule has 0 spiro atoms. The van der Waals surface area contributed by atoms with Crippen LogP contribution in [0.15, 0.2) is 30.3 Å². The van der Waals surface area contributed by atoms with Crippen LogP contribution in [0, 0.1) is 0 Å². The van der Waals surface area contributed by atoms with Crippen molar-refractivity contribution in [2.75, 3.05) is 44.3 Å². The van der Waals surface area contributed by atoms with Crippen molar-refractivity contribution in [3.63, 3.8) is 0 Å². The third-order valence-electron chi connectivity index (χ3n) is 4.53. The van der Waals surface area contributed by atoms with Gasteiger partial charge in [0.1, 0.15) is 0 Å². The number of amides is 2. The van der Waals surface area contributed by atoms with E-state index in [4.69, 9.17) is 4.74 Å². The molecule has 2 fully saturated rings. The van der Waals surface area contributed by atoms with Gasteiger partial charge in [0.05, 0.1) is 13.2 Å². The summed E-state index contributed by atoms with van der Waals surface area (Å²) in [6.07, 6.45) is 0. The van der Waals surface area contributed by atoms with Crippen LogP contribution >= 0.6 is 0 Å². The van der Waals surface area contributed by atoms with Crippen molar-refractivity contribution in [3.8, 4) is 0 Å². The number of rotatable bonds is 1. The van der Waals surface area contributed by atoms with E-state index in [-0.39, 0.29) is 6.03 Å². The Bertz CT molecular complexity index is 490. The van der Waals surface area contributed by atoms with E-state index in [9.17, 15) is 4.79 Å². The molecule has 2 aliphatic rings. The van der Waals surface area contributed by atoms with Gasteiger partial charge in [-0.2, -0.15) is 0 Å². The van der Waals surface area contributed by atoms with Crippen molar-refractivity contribution in [3.05, 3.63) is 30.3 Å². The van der Waals surface area contributed by atoms with Crippen LogP contribution < -0.4 is 4.90 Å². The van der Waals surface area contributed by atoms with Gasteiger partial charge in [-0.1, -0.05) is 18.2 Å². The average Bonchev–Trinajstić information content (AvgIpc) is 2.55. The van der Waals surface area contributed by atoms with Crippen molar-refractivity contribution < 1.29 is 9.53 Å². The Balaban J connectivity index is 1.68. The van der Waals surface area contributed by atoms with E-state index in [1.165, 1.54) is 5.69 Å². The van der Waals surface area contributed by atoms with Crippen molar-refractivity contribution in [2.24, 2.45) is 0 Å². The van der Waals surface area contributed by atoms with Gasteiger partial charge in [0.15, 0.2) is 0 Å². The smallest absolute Gasteiger partial charge is 0.320 e. The molecule has 0 aromatic heterocycles. The first-order valence-corrected chi connectivity index (χ1v) is 8.12. The Morgan fingerprint density at radius 3 is 2.18 bits per heavy atom. The highest BCUT2D eigenvalue weighted by atomic mass is 16.5. The Hall–Kier alpha value is -1.75. The Morgan fingerprint density at radius 2 is 1.59 bits per heavy atom. The van der Waals surface area contributed by atoms with Crippen molar-refractivity contribution >= 4 is 11.7 Å². The Labute approximate surface area is 132 Å². The summed E-state index contributed by atoms with van der Waals surface area (Å²) in [4.78, 5) is 19.0. The number of nitrogens with zero attached hydrogens (tertiary/aromatic N) is 3. The predicted octanol–water partition coefficient (Wildman–Crippen LogP) is 2.04. The Morgan fingerprint density at radius 1 is 1.00 bits per heavy atom. The molecule has 0 radical (unpaired) electrons. The number of para-hydroxylation sites is 1. The van der Waals surface area contributed by atoms with Gasteiger partial charge in [-0.05, 0) is 26.0 Å². The number of carbonyl (C=O) groups is 1. The monoisotopic (exact) mass is 303 g/mol. The fourth-order valence-electron chi connectivity index (χ4n) is 3.54. The molecule has 0 bridgehead atoms. The van der Waals surface area contributed by atoms with E-state index in [1.807, 2.05) is 15.9 Å². The molecule has 2 saturated heterocycles. The number of piperazine rings is 1. The number of benzene rings is 1. The summed E-state index contributed by atoms with van der Waals surface area (Å²) in [5, 5.41) is 0. The quantitative estimate of drug-likeness (QED) is 0.796. The van der Waals surface area contributed by atoms with Crippen LogP contribution in [-0.2, 0) is 4.74 Å². The largest absolute Gasteiger partial charge is 0.378 e. The van der Waals surface area contributed by atoms with Crippen LogP contribution in [0.4, 0.5) is 10.5 Å². The molecule has 0 aliphatic carbocycles. The lowest BCUT2D eigenvalue weighted by molar-refractivity contribution is 0.0406. The van der Waals surface area contributed by atoms with Crippen molar-refractivity contribution in [1.82, 2.24) is 9.80 Å². The summed E-state index contributed by atoms with van der Waals surface area (Å²) in [6, 6.07) is 11.3. The minimum Gasteiger partial charge on any atom is -0.378 e. The van der Waals surface area contributed by atoms with Crippen molar-refractivity contribution in [1.29, 1.82) is 0 Å². The number of ether oxygens (including phenoxy) is 1. The zero-order chi connectivity index (χ0) is 15.5. The van der Waals surface area contributed by atoms with Gasteiger partial charge in [-0.25, -0.2) is 4.79 Å². The van der Waals surface area contributed by atoms with Gasteiger partial charge >= 0.3 is 6.03 Å². The molecular weight excluding hydrogens is 278 g/mol. The summed E-state index contributed by atoms with van der Waals surface area (Å²) >= 11 is 0. The summed E-state index contributed by atoms with van der Waals surface area (Å²) in [6.45, 7) is 8.66. The van der Waals surface area contributed by atoms with Gasteiger partial charge in [0.2, 0.25) is 0 Å². The summed E-state index contributed by atoms with van der Waals surface area (Å²) in [7, 11) is 0. The molecule has 2 atom stereocenters. The van der Waals surface area contributed by atoms with Crippen LogP contribution in [0.3, 0.4) is 0 Å². The van der Waals surface area contributed by atoms with Crippen molar-refractivity contribution in [2.45, 2.75) is 25.9 Å². The maximum Gasteiger partial charge on any atom is 0.320 e. The maximum atomic E-state index is 12.7. The molecule has 120 valence electrons. The number of urea groups is 1. The second-order valence-corrected chi connectivity index (χ2v) is 6.23. The van der Waals surface area contributed by atoms with E-state index >= 15 is 0 Å². The van der Waals surface area contributed by atoms with Gasteiger partial charge in [-0.15, -0.1) is 0 Å². The number of anilines is 1. The highest BCUT2D eigenvalue weighted by Crippen LogP contribution is 2.25. The molecular formula is C17H25N3O2. The first kappa shape index (κ1) is 15.2. The number of carbonyl (C=O) groups excluding carboxylic acids is 1. The van der Waals surface area contributed by atoms with E-state index in [2.05, 4.69) is 43.0 Å². The van der Waals surface area contributed by atoms with Gasteiger partial charge in [0.25, 0.3) is 0 Å². The maximum absolute atomic E-state index is 12.7. The van der Waals surface area contributed by atoms with Crippen LogP contribution in [0.2, 0.25) is 0 Å². The normalized spacial score (nSPS) is 26.2. The summed E-state index contributed by atoms with van der Waals surface area (Å²) in [5.41, 5.74) is 1.24. The fraction of sp³-hybridized carbons (Fsp3) is 0.588. The molecule has 2 unspecified atom stereocenters. The highest BCUT2D eigenvalue weighted by molar-refractivity contribution is 5.75. The zero-order valence-corrected chi connectivity index (χ0v) is 13.4. The molecule has 0 saturated carbocycles. The molecule has 22 heavy (non-hydrogen) atoms.